The molecule has 0 amide bonds. The van der Waals surface area contributed by atoms with Crippen molar-refractivity contribution in [1.29, 1.82) is 0 Å². The van der Waals surface area contributed by atoms with Crippen LogP contribution in [0, 0.1) is 0 Å². The first-order valence-electron chi connectivity index (χ1n) is 9.57. The molecule has 0 aromatic rings. The van der Waals surface area contributed by atoms with Crippen LogP contribution >= 0.6 is 21.6 Å². The van der Waals surface area contributed by atoms with E-state index in [1.165, 1.54) is 21.6 Å². The molecule has 0 N–H and O–H groups in total. The van der Waals surface area contributed by atoms with E-state index in [2.05, 4.69) is 0 Å². The Morgan fingerprint density at radius 2 is 0.846 bits per heavy atom. The van der Waals surface area contributed by atoms with Crippen LogP contribution in [0.15, 0.2) is 0 Å². The maximum Gasteiger partial charge on any atom is 0.251 e. The van der Waals surface area contributed by atoms with E-state index in [4.69, 9.17) is 28.4 Å². The minimum absolute atomic E-state index is 0.120. The molecule has 0 aliphatic heterocycles. The molecule has 0 rings (SSSR count). The molecule has 0 heterocycles. The Balaban J connectivity index is 5.58. The average molecular weight is 447 g/mol. The van der Waals surface area contributed by atoms with Crippen LogP contribution in [0.1, 0.15) is 41.5 Å². The second-order valence-corrected chi connectivity index (χ2v) is 9.87. The van der Waals surface area contributed by atoms with Crippen LogP contribution in [0.5, 0.6) is 0 Å². The van der Waals surface area contributed by atoms with E-state index < -0.39 is 10.2 Å². The predicted molar refractivity (Wildman–Crippen MR) is 118 cm³/mol. The molecule has 2 atom stereocenters. The van der Waals surface area contributed by atoms with Crippen LogP contribution in [0.2, 0.25) is 0 Å². The first-order chi connectivity index (χ1) is 12.4. The fourth-order valence-corrected chi connectivity index (χ4v) is 8.87. The molecule has 0 spiro atoms. The van der Waals surface area contributed by atoms with Crippen LogP contribution in [0.3, 0.4) is 0 Å². The van der Waals surface area contributed by atoms with Crippen LogP contribution in [0.25, 0.3) is 0 Å². The Bertz CT molecular complexity index is 311. The van der Waals surface area contributed by atoms with Crippen molar-refractivity contribution in [1.82, 2.24) is 0 Å². The highest BCUT2D eigenvalue weighted by atomic mass is 33.1. The third-order valence-electron chi connectivity index (χ3n) is 3.49. The molecule has 0 aliphatic carbocycles. The van der Waals surface area contributed by atoms with Crippen molar-refractivity contribution in [3.05, 3.63) is 0 Å². The molecular weight excluding hydrogens is 408 g/mol. The molecular formula is C16H38O6S2Si2. The summed E-state index contributed by atoms with van der Waals surface area (Å²) in [6.45, 7) is 15.2. The van der Waals surface area contributed by atoms with Gasteiger partial charge in [0.15, 0.2) is 0 Å². The largest absolute Gasteiger partial charge is 0.376 e. The molecule has 0 bridgehead atoms. The summed E-state index contributed by atoms with van der Waals surface area (Å²) < 4.78 is 36.0. The smallest absolute Gasteiger partial charge is 0.251 e. The molecule has 0 radical (unpaired) electrons. The quantitative estimate of drug-likeness (QED) is 0.188. The predicted octanol–water partition coefficient (Wildman–Crippen LogP) is 1.28. The Kier molecular flexibility index (Phi) is 15.3. The lowest BCUT2D eigenvalue weighted by Gasteiger charge is -2.41. The van der Waals surface area contributed by atoms with Crippen LogP contribution < -0.4 is 0 Å². The van der Waals surface area contributed by atoms with Gasteiger partial charge in [0, 0.05) is 60.1 Å². The fraction of sp³-hybridized carbons (Fsp3) is 1.00. The molecule has 10 heteroatoms. The molecule has 0 saturated heterocycles. The van der Waals surface area contributed by atoms with Gasteiger partial charge in [0.25, 0.3) is 10.2 Å². The fourth-order valence-electron chi connectivity index (χ4n) is 2.41. The first-order valence-corrected chi connectivity index (χ1v) is 14.0. The van der Waals surface area contributed by atoms with Crippen LogP contribution in [-0.2, 0) is 28.4 Å². The normalized spacial score (nSPS) is 15.5. The SMILES string of the molecule is CCOC([SiH3])C(OCC)(OCC)SSC(OCC)(OCC)C([SiH3])OCC. The summed E-state index contributed by atoms with van der Waals surface area (Å²) in [5, 5.41) is -1.77. The summed E-state index contributed by atoms with van der Waals surface area (Å²) >= 11 is 0. The zero-order valence-corrected chi connectivity index (χ0v) is 23.3. The monoisotopic (exact) mass is 446 g/mol. The standard InChI is InChI=1S/C16H38O6S2Si2/c1-7-17-13(25)15(19-9-3,20-10-4)23-24-16(21-11-5,22-12-6)14(26)18-8-2/h13-14H,7-12H2,1-6,25-26H3. The Morgan fingerprint density at radius 3 is 1.04 bits per heavy atom. The average Bonchev–Trinajstić information content (AvgIpc) is 2.60. The summed E-state index contributed by atoms with van der Waals surface area (Å²) in [7, 11) is 4.52. The first kappa shape index (κ1) is 26.9. The highest BCUT2D eigenvalue weighted by Crippen LogP contribution is 2.49. The van der Waals surface area contributed by atoms with Gasteiger partial charge in [-0.05, 0) is 63.1 Å². The van der Waals surface area contributed by atoms with Crippen molar-refractivity contribution in [2.45, 2.75) is 63.2 Å². The lowest BCUT2D eigenvalue weighted by molar-refractivity contribution is -0.210. The summed E-state index contributed by atoms with van der Waals surface area (Å²) in [5.41, 5.74) is -0.240. The van der Waals surface area contributed by atoms with Crippen molar-refractivity contribution in [2.75, 3.05) is 39.6 Å². The van der Waals surface area contributed by atoms with E-state index in [0.717, 1.165) is 20.5 Å². The van der Waals surface area contributed by atoms with Gasteiger partial charge in [-0.25, -0.2) is 0 Å². The van der Waals surface area contributed by atoms with E-state index in [1.54, 1.807) is 0 Å². The number of ether oxygens (including phenoxy) is 6. The maximum atomic E-state index is 6.06. The van der Waals surface area contributed by atoms with Crippen LogP contribution in [0.4, 0.5) is 0 Å². The van der Waals surface area contributed by atoms with Gasteiger partial charge in [-0.3, -0.25) is 0 Å². The third-order valence-corrected chi connectivity index (χ3v) is 9.84. The zero-order chi connectivity index (χ0) is 20.1. The molecule has 0 aromatic carbocycles. The number of rotatable bonds is 17. The molecule has 6 nitrogen and oxygen atoms in total. The number of hydrogen-bond donors (Lipinski definition) is 0. The van der Waals surface area contributed by atoms with Crippen LogP contribution in [-0.4, -0.2) is 81.8 Å². The van der Waals surface area contributed by atoms with E-state index >= 15 is 0 Å². The van der Waals surface area contributed by atoms with Gasteiger partial charge in [-0.15, -0.1) is 0 Å². The Hall–Kier alpha value is 0.894. The second-order valence-electron chi connectivity index (χ2n) is 5.30. The van der Waals surface area contributed by atoms with Crippen molar-refractivity contribution < 1.29 is 28.4 Å². The highest BCUT2D eigenvalue weighted by Gasteiger charge is 2.47. The molecule has 26 heavy (non-hydrogen) atoms. The van der Waals surface area contributed by atoms with Gasteiger partial charge in [-0.1, -0.05) is 0 Å². The van der Waals surface area contributed by atoms with Crippen molar-refractivity contribution in [2.24, 2.45) is 0 Å². The van der Waals surface area contributed by atoms with Gasteiger partial charge in [0.05, 0.1) is 0 Å². The van der Waals surface area contributed by atoms with E-state index in [-0.39, 0.29) is 11.5 Å². The van der Waals surface area contributed by atoms with Gasteiger partial charge in [0.1, 0.15) is 11.5 Å². The summed E-state index contributed by atoms with van der Waals surface area (Å²) in [6, 6.07) is 0. The summed E-state index contributed by atoms with van der Waals surface area (Å²) in [5.74, 6) is 0. The third kappa shape index (κ3) is 8.10. The summed E-state index contributed by atoms with van der Waals surface area (Å²) in [6.07, 6.45) is 0. The van der Waals surface area contributed by atoms with Crippen molar-refractivity contribution >= 4 is 42.1 Å². The Labute approximate surface area is 173 Å². The minimum Gasteiger partial charge on any atom is -0.376 e. The molecule has 158 valence electrons. The highest BCUT2D eigenvalue weighted by molar-refractivity contribution is 8.77. The number of hydrogen-bond acceptors (Lipinski definition) is 8. The van der Waals surface area contributed by atoms with Gasteiger partial charge in [-0.2, -0.15) is 0 Å². The maximum absolute atomic E-state index is 6.06. The van der Waals surface area contributed by atoms with Crippen molar-refractivity contribution in [3.8, 4) is 0 Å². The van der Waals surface area contributed by atoms with Gasteiger partial charge >= 0.3 is 0 Å². The zero-order valence-electron chi connectivity index (χ0n) is 17.7. The van der Waals surface area contributed by atoms with Gasteiger partial charge in [0.2, 0.25) is 0 Å². The lowest BCUT2D eigenvalue weighted by atomic mass is 10.6. The molecule has 0 aromatic heterocycles. The molecule has 2 unspecified atom stereocenters. The van der Waals surface area contributed by atoms with E-state index in [9.17, 15) is 0 Å². The molecule has 0 fully saturated rings. The van der Waals surface area contributed by atoms with E-state index in [0.29, 0.717) is 39.6 Å². The summed E-state index contributed by atoms with van der Waals surface area (Å²) in [4.78, 5) is 0. The van der Waals surface area contributed by atoms with Gasteiger partial charge < -0.3 is 28.4 Å². The topological polar surface area (TPSA) is 55.4 Å². The second kappa shape index (κ2) is 14.8. The minimum atomic E-state index is -0.886. The molecule has 0 aliphatic rings. The Morgan fingerprint density at radius 1 is 0.577 bits per heavy atom. The van der Waals surface area contributed by atoms with E-state index in [1.807, 2.05) is 41.5 Å². The molecule has 0 saturated carbocycles. The lowest BCUT2D eigenvalue weighted by Crippen LogP contribution is -2.49. The van der Waals surface area contributed by atoms with Crippen molar-refractivity contribution in [3.63, 3.8) is 0 Å².